The van der Waals surface area contributed by atoms with Crippen LogP contribution in [0.4, 0.5) is 0 Å². The minimum Gasteiger partial charge on any atom is -0.491 e. The van der Waals surface area contributed by atoms with E-state index in [4.69, 9.17) is 9.47 Å². The van der Waals surface area contributed by atoms with Crippen molar-refractivity contribution < 1.29 is 9.47 Å². The van der Waals surface area contributed by atoms with Gasteiger partial charge in [0, 0.05) is 33.3 Å². The lowest BCUT2D eigenvalue weighted by atomic mass is 10.2. The highest BCUT2D eigenvalue weighted by atomic mass is 16.5. The molecule has 0 radical (unpaired) electrons. The van der Waals surface area contributed by atoms with Gasteiger partial charge in [-0.25, -0.2) is 0 Å². The first-order valence-electron chi connectivity index (χ1n) is 7.25. The largest absolute Gasteiger partial charge is 0.491 e. The average Bonchev–Trinajstić information content (AvgIpc) is 2.38. The van der Waals surface area contributed by atoms with E-state index in [1.165, 1.54) is 5.56 Å². The van der Waals surface area contributed by atoms with Gasteiger partial charge in [0.25, 0.3) is 0 Å². The fourth-order valence-electron chi connectivity index (χ4n) is 1.95. The Hall–Kier alpha value is -1.10. The number of nitrogens with one attached hydrogen (secondary N) is 1. The van der Waals surface area contributed by atoms with E-state index in [2.05, 4.69) is 35.5 Å². The van der Waals surface area contributed by atoms with Crippen molar-refractivity contribution in [1.29, 1.82) is 0 Å². The Morgan fingerprint density at radius 2 is 2.05 bits per heavy atom. The Bertz CT molecular complexity index is 369. The van der Waals surface area contributed by atoms with Crippen LogP contribution in [0.15, 0.2) is 24.3 Å². The third-order valence-corrected chi connectivity index (χ3v) is 2.88. The van der Waals surface area contributed by atoms with Gasteiger partial charge in [0.1, 0.15) is 5.75 Å². The van der Waals surface area contributed by atoms with Crippen molar-refractivity contribution in [1.82, 2.24) is 10.2 Å². The molecule has 0 aliphatic rings. The van der Waals surface area contributed by atoms with Gasteiger partial charge >= 0.3 is 0 Å². The summed E-state index contributed by atoms with van der Waals surface area (Å²) in [5, 5.41) is 3.35. The Labute approximate surface area is 123 Å². The second-order valence-electron chi connectivity index (χ2n) is 5.29. The van der Waals surface area contributed by atoms with Crippen LogP contribution in [0.2, 0.25) is 0 Å². The van der Waals surface area contributed by atoms with Crippen LogP contribution in [0.25, 0.3) is 0 Å². The summed E-state index contributed by atoms with van der Waals surface area (Å²) >= 11 is 0. The quantitative estimate of drug-likeness (QED) is 0.666. The van der Waals surface area contributed by atoms with Gasteiger partial charge in [-0.2, -0.15) is 0 Å². The van der Waals surface area contributed by atoms with Gasteiger partial charge in [0.15, 0.2) is 0 Å². The first-order chi connectivity index (χ1) is 9.61. The second kappa shape index (κ2) is 9.75. The zero-order valence-electron chi connectivity index (χ0n) is 13.2. The molecule has 0 saturated carbocycles. The molecule has 1 rings (SSSR count). The van der Waals surface area contributed by atoms with Gasteiger partial charge in [0.05, 0.1) is 12.7 Å². The highest BCUT2D eigenvalue weighted by Gasteiger charge is 2.03. The summed E-state index contributed by atoms with van der Waals surface area (Å²) in [6.07, 6.45) is 0.216. The van der Waals surface area contributed by atoms with Crippen molar-refractivity contribution in [2.75, 3.05) is 40.4 Å². The predicted octanol–water partition coefficient (Wildman–Crippen LogP) is 2.14. The minimum atomic E-state index is 0.216. The Morgan fingerprint density at radius 3 is 2.75 bits per heavy atom. The Morgan fingerprint density at radius 1 is 1.25 bits per heavy atom. The van der Waals surface area contributed by atoms with E-state index in [-0.39, 0.29) is 6.10 Å². The van der Waals surface area contributed by atoms with E-state index in [0.29, 0.717) is 0 Å². The van der Waals surface area contributed by atoms with E-state index >= 15 is 0 Å². The normalized spacial score (nSPS) is 11.3. The molecule has 0 saturated heterocycles. The molecule has 0 spiro atoms. The number of nitrogens with zero attached hydrogens (tertiary/aromatic N) is 1. The van der Waals surface area contributed by atoms with E-state index < -0.39 is 0 Å². The minimum absolute atomic E-state index is 0.216. The average molecular weight is 280 g/mol. The first-order valence-corrected chi connectivity index (χ1v) is 7.25. The van der Waals surface area contributed by atoms with Crippen LogP contribution < -0.4 is 10.1 Å². The summed E-state index contributed by atoms with van der Waals surface area (Å²) in [4.78, 5) is 2.30. The molecule has 0 aliphatic heterocycles. The van der Waals surface area contributed by atoms with Crippen LogP contribution >= 0.6 is 0 Å². The number of rotatable bonds is 10. The van der Waals surface area contributed by atoms with Gasteiger partial charge in [-0.05, 0) is 38.6 Å². The number of ether oxygens (including phenoxy) is 2. The number of hydrogen-bond acceptors (Lipinski definition) is 4. The van der Waals surface area contributed by atoms with E-state index in [1.807, 2.05) is 19.9 Å². The zero-order valence-corrected chi connectivity index (χ0v) is 13.2. The topological polar surface area (TPSA) is 33.7 Å². The van der Waals surface area contributed by atoms with Crippen molar-refractivity contribution in [3.8, 4) is 5.75 Å². The van der Waals surface area contributed by atoms with Crippen LogP contribution in [0, 0.1) is 0 Å². The molecule has 0 aliphatic carbocycles. The molecule has 0 heterocycles. The summed E-state index contributed by atoms with van der Waals surface area (Å²) in [5.74, 6) is 0.948. The summed E-state index contributed by atoms with van der Waals surface area (Å²) in [6, 6.07) is 8.32. The third kappa shape index (κ3) is 7.48. The van der Waals surface area contributed by atoms with Gasteiger partial charge in [-0.3, -0.25) is 0 Å². The standard InChI is InChI=1S/C16H28N2O2/c1-14(2)20-16-7-5-6-15(12-16)13-18(3)10-8-17-9-11-19-4/h5-7,12,14,17H,8-11,13H2,1-4H3. The fourth-order valence-corrected chi connectivity index (χ4v) is 1.95. The van der Waals surface area contributed by atoms with Crippen molar-refractivity contribution in [2.45, 2.75) is 26.5 Å². The molecule has 114 valence electrons. The van der Waals surface area contributed by atoms with Crippen LogP contribution in [0.3, 0.4) is 0 Å². The van der Waals surface area contributed by atoms with Crippen molar-refractivity contribution in [3.63, 3.8) is 0 Å². The summed E-state index contributed by atoms with van der Waals surface area (Å²) < 4.78 is 10.7. The number of hydrogen-bond donors (Lipinski definition) is 1. The van der Waals surface area contributed by atoms with E-state index in [9.17, 15) is 0 Å². The van der Waals surface area contributed by atoms with Crippen LogP contribution in [-0.2, 0) is 11.3 Å². The molecule has 1 aromatic carbocycles. The molecule has 20 heavy (non-hydrogen) atoms. The lowest BCUT2D eigenvalue weighted by molar-refractivity contribution is 0.197. The molecule has 0 atom stereocenters. The van der Waals surface area contributed by atoms with Crippen LogP contribution in [0.1, 0.15) is 19.4 Å². The highest BCUT2D eigenvalue weighted by molar-refractivity contribution is 5.28. The second-order valence-corrected chi connectivity index (χ2v) is 5.29. The molecular weight excluding hydrogens is 252 g/mol. The molecule has 0 aromatic heterocycles. The molecule has 4 nitrogen and oxygen atoms in total. The lowest BCUT2D eigenvalue weighted by Crippen LogP contribution is -2.30. The first kappa shape index (κ1) is 17.0. The molecule has 1 N–H and O–H groups in total. The van der Waals surface area contributed by atoms with Crippen molar-refractivity contribution in [2.24, 2.45) is 0 Å². The van der Waals surface area contributed by atoms with Gasteiger partial charge in [-0.15, -0.1) is 0 Å². The maximum atomic E-state index is 5.72. The van der Waals surface area contributed by atoms with Gasteiger partial charge < -0.3 is 19.7 Å². The molecular formula is C16H28N2O2. The third-order valence-electron chi connectivity index (χ3n) is 2.88. The summed E-state index contributed by atoms with van der Waals surface area (Å²) in [7, 11) is 3.86. The molecule has 0 unspecified atom stereocenters. The van der Waals surface area contributed by atoms with Gasteiger partial charge in [-0.1, -0.05) is 12.1 Å². The van der Waals surface area contributed by atoms with Crippen molar-refractivity contribution in [3.05, 3.63) is 29.8 Å². The molecule has 0 fully saturated rings. The molecule has 1 aromatic rings. The number of methoxy groups -OCH3 is 1. The smallest absolute Gasteiger partial charge is 0.120 e. The van der Waals surface area contributed by atoms with E-state index in [1.54, 1.807) is 7.11 Å². The zero-order chi connectivity index (χ0) is 14.8. The van der Waals surface area contributed by atoms with Crippen LogP contribution in [0.5, 0.6) is 5.75 Å². The monoisotopic (exact) mass is 280 g/mol. The van der Waals surface area contributed by atoms with Gasteiger partial charge in [0.2, 0.25) is 0 Å². The van der Waals surface area contributed by atoms with Crippen LogP contribution in [-0.4, -0.2) is 51.4 Å². The van der Waals surface area contributed by atoms with E-state index in [0.717, 1.165) is 38.5 Å². The predicted molar refractivity (Wildman–Crippen MR) is 83.3 cm³/mol. The number of benzene rings is 1. The maximum Gasteiger partial charge on any atom is 0.120 e. The molecule has 0 amide bonds. The fraction of sp³-hybridized carbons (Fsp3) is 0.625. The summed E-state index contributed by atoms with van der Waals surface area (Å²) in [6.45, 7) is 8.68. The summed E-state index contributed by atoms with van der Waals surface area (Å²) in [5.41, 5.74) is 1.28. The highest BCUT2D eigenvalue weighted by Crippen LogP contribution is 2.15. The Kier molecular flexibility index (Phi) is 8.26. The molecule has 4 heteroatoms. The maximum absolute atomic E-state index is 5.72. The lowest BCUT2D eigenvalue weighted by Gasteiger charge is -2.18. The van der Waals surface area contributed by atoms with Crippen molar-refractivity contribution >= 4 is 0 Å². The molecule has 0 bridgehead atoms. The Balaban J connectivity index is 2.32. The number of likely N-dealkylation sites (N-methyl/N-ethyl adjacent to an activating group) is 1. The SMILES string of the molecule is COCCNCCN(C)Cc1cccc(OC(C)C)c1.